The van der Waals surface area contributed by atoms with Crippen LogP contribution in [0.25, 0.3) is 0 Å². The highest BCUT2D eigenvalue weighted by molar-refractivity contribution is 9.11. The summed E-state index contributed by atoms with van der Waals surface area (Å²) in [4.78, 5) is 7.90. The van der Waals surface area contributed by atoms with Gasteiger partial charge in [0.2, 0.25) is 0 Å². The number of hydrogen-bond acceptors (Lipinski definition) is 6. The van der Waals surface area contributed by atoms with E-state index in [2.05, 4.69) is 46.5 Å². The molecule has 0 aliphatic rings. The van der Waals surface area contributed by atoms with E-state index in [1.807, 2.05) is 0 Å². The van der Waals surface area contributed by atoms with Crippen LogP contribution in [0.3, 0.4) is 0 Å². The molecule has 0 unspecified atom stereocenters. The summed E-state index contributed by atoms with van der Waals surface area (Å²) >= 11 is 7.29. The van der Waals surface area contributed by atoms with Crippen molar-refractivity contribution in [1.82, 2.24) is 9.97 Å². The molecule has 96 valence electrons. The zero-order chi connectivity index (χ0) is 13.3. The Labute approximate surface area is 124 Å². The van der Waals surface area contributed by atoms with E-state index in [-0.39, 0.29) is 10.0 Å². The third-order valence-electron chi connectivity index (χ3n) is 1.79. The van der Waals surface area contributed by atoms with Gasteiger partial charge in [0.15, 0.2) is 10.4 Å². The fourth-order valence-corrected chi connectivity index (χ4v) is 4.20. The Morgan fingerprint density at radius 3 is 2.67 bits per heavy atom. The van der Waals surface area contributed by atoms with Crippen molar-refractivity contribution < 1.29 is 8.42 Å². The predicted molar refractivity (Wildman–Crippen MR) is 77.0 cm³/mol. The minimum Gasteiger partial charge on any atom is -0.398 e. The van der Waals surface area contributed by atoms with E-state index in [1.54, 1.807) is 5.38 Å². The summed E-state index contributed by atoms with van der Waals surface area (Å²) in [5.74, 6) is 0.116. The van der Waals surface area contributed by atoms with Crippen molar-refractivity contribution in [1.29, 1.82) is 0 Å². The quantitative estimate of drug-likeness (QED) is 0.805. The Bertz CT molecular complexity index is 686. The molecule has 18 heavy (non-hydrogen) atoms. The molecule has 2 heterocycles. The van der Waals surface area contributed by atoms with Gasteiger partial charge in [-0.05, 0) is 37.9 Å². The number of rotatable bonds is 3. The molecule has 6 nitrogen and oxygen atoms in total. The zero-order valence-electron chi connectivity index (χ0n) is 8.59. The summed E-state index contributed by atoms with van der Waals surface area (Å²) in [6.07, 6.45) is 1.39. The maximum Gasteiger partial charge on any atom is 0.272 e. The van der Waals surface area contributed by atoms with E-state index >= 15 is 0 Å². The molecule has 0 radical (unpaired) electrons. The predicted octanol–water partition coefficient (Wildman–Crippen LogP) is 2.45. The maximum atomic E-state index is 12.0. The van der Waals surface area contributed by atoms with E-state index in [1.165, 1.54) is 12.3 Å². The highest BCUT2D eigenvalue weighted by Gasteiger charge is 2.19. The van der Waals surface area contributed by atoms with Crippen molar-refractivity contribution in [3.8, 4) is 0 Å². The molecule has 0 bridgehead atoms. The average Bonchev–Trinajstić information content (AvgIpc) is 2.70. The summed E-state index contributed by atoms with van der Waals surface area (Å²) in [7, 11) is -3.69. The van der Waals surface area contributed by atoms with Crippen LogP contribution in [0.2, 0.25) is 0 Å². The normalized spacial score (nSPS) is 11.4. The Kier molecular flexibility index (Phi) is 3.90. The van der Waals surface area contributed by atoms with Gasteiger partial charge in [-0.15, -0.1) is 11.3 Å². The summed E-state index contributed by atoms with van der Waals surface area (Å²) in [6.45, 7) is 0. The van der Waals surface area contributed by atoms with Gasteiger partial charge in [-0.1, -0.05) is 0 Å². The van der Waals surface area contributed by atoms with Crippen molar-refractivity contribution in [3.63, 3.8) is 0 Å². The Balaban J connectivity index is 2.33. The van der Waals surface area contributed by atoms with Gasteiger partial charge in [0.05, 0.1) is 6.20 Å². The Hall–Kier alpha value is -0.710. The second kappa shape index (κ2) is 5.11. The maximum absolute atomic E-state index is 12.0. The lowest BCUT2D eigenvalue weighted by molar-refractivity contribution is 0.603. The molecule has 3 N–H and O–H groups in total. The van der Waals surface area contributed by atoms with Gasteiger partial charge < -0.3 is 5.73 Å². The molecule has 10 heteroatoms. The second-order valence-corrected chi connectivity index (χ2v) is 7.52. The monoisotopic (exact) mass is 412 g/mol. The third kappa shape index (κ3) is 2.99. The number of nitrogens with zero attached hydrogens (tertiary/aromatic N) is 2. The molecule has 0 aliphatic heterocycles. The first-order valence-electron chi connectivity index (χ1n) is 4.43. The van der Waals surface area contributed by atoms with E-state index in [0.717, 1.165) is 11.3 Å². The molecule has 2 aromatic heterocycles. The van der Waals surface area contributed by atoms with Gasteiger partial charge in [-0.25, -0.2) is 18.4 Å². The number of nitrogen functional groups attached to an aromatic ring is 1. The van der Waals surface area contributed by atoms with Gasteiger partial charge in [-0.3, -0.25) is 4.72 Å². The van der Waals surface area contributed by atoms with E-state index < -0.39 is 10.0 Å². The molecule has 2 aromatic rings. The van der Waals surface area contributed by atoms with Gasteiger partial charge in [0, 0.05) is 11.1 Å². The number of aromatic nitrogens is 2. The van der Waals surface area contributed by atoms with Crippen LogP contribution in [0.1, 0.15) is 0 Å². The SMILES string of the molecule is Nc1csc(S(=O)(=O)Nc2ncc(Br)nc2Br)c1. The van der Waals surface area contributed by atoms with Gasteiger partial charge in [-0.2, -0.15) is 0 Å². The van der Waals surface area contributed by atoms with E-state index in [0.29, 0.717) is 14.9 Å². The average molecular weight is 414 g/mol. The zero-order valence-corrected chi connectivity index (χ0v) is 13.4. The molecule has 0 saturated heterocycles. The fourth-order valence-electron chi connectivity index (χ4n) is 1.06. The minimum absolute atomic E-state index is 0.116. The summed E-state index contributed by atoms with van der Waals surface area (Å²) in [5.41, 5.74) is 5.90. The number of nitrogens with two attached hydrogens (primary N) is 1. The van der Waals surface area contributed by atoms with Gasteiger partial charge in [0.25, 0.3) is 10.0 Å². The molecule has 0 aliphatic carbocycles. The molecule has 0 spiro atoms. The Morgan fingerprint density at radius 1 is 1.39 bits per heavy atom. The molecular formula is C8H6Br2N4O2S2. The number of hydrogen-bond donors (Lipinski definition) is 2. The number of anilines is 2. The lowest BCUT2D eigenvalue weighted by Gasteiger charge is -2.06. The highest BCUT2D eigenvalue weighted by atomic mass is 79.9. The summed E-state index contributed by atoms with van der Waals surface area (Å²) in [6, 6.07) is 1.38. The fraction of sp³-hybridized carbons (Fsp3) is 0. The first-order chi connectivity index (χ1) is 8.38. The van der Waals surface area contributed by atoms with Crippen LogP contribution < -0.4 is 10.5 Å². The van der Waals surface area contributed by atoms with Crippen molar-refractivity contribution in [3.05, 3.63) is 26.8 Å². The van der Waals surface area contributed by atoms with Gasteiger partial charge in [0.1, 0.15) is 8.81 Å². The molecule has 0 atom stereocenters. The number of sulfonamides is 1. The van der Waals surface area contributed by atoms with Crippen molar-refractivity contribution in [2.75, 3.05) is 10.5 Å². The number of thiophene rings is 1. The molecule has 2 rings (SSSR count). The molecule has 0 saturated carbocycles. The van der Waals surface area contributed by atoms with Crippen LogP contribution >= 0.6 is 43.2 Å². The largest absolute Gasteiger partial charge is 0.398 e. The molecule has 0 amide bonds. The van der Waals surface area contributed by atoms with Crippen LogP contribution in [0.5, 0.6) is 0 Å². The number of halogens is 2. The highest BCUT2D eigenvalue weighted by Crippen LogP contribution is 2.26. The molecule has 0 fully saturated rings. The second-order valence-electron chi connectivity index (χ2n) is 3.14. The first-order valence-corrected chi connectivity index (χ1v) is 8.38. The Morgan fingerprint density at radius 2 is 2.11 bits per heavy atom. The number of nitrogens with one attached hydrogen (secondary N) is 1. The summed E-state index contributed by atoms with van der Waals surface area (Å²) < 4.78 is 27.2. The summed E-state index contributed by atoms with van der Waals surface area (Å²) in [5, 5.41) is 1.55. The minimum atomic E-state index is -3.69. The van der Waals surface area contributed by atoms with Crippen LogP contribution in [-0.2, 0) is 10.0 Å². The van der Waals surface area contributed by atoms with Crippen molar-refractivity contribution >= 4 is 64.7 Å². The lowest BCUT2D eigenvalue weighted by atomic mass is 10.6. The standard InChI is InChI=1S/C8H6Br2N4O2S2/c9-5-2-12-8(7(10)13-5)14-18(15,16)6-1-4(11)3-17-6/h1-3H,11H2,(H,12,14). The van der Waals surface area contributed by atoms with E-state index in [9.17, 15) is 8.42 Å². The van der Waals surface area contributed by atoms with Crippen molar-refractivity contribution in [2.24, 2.45) is 0 Å². The van der Waals surface area contributed by atoms with Crippen LogP contribution in [0, 0.1) is 0 Å². The van der Waals surface area contributed by atoms with E-state index in [4.69, 9.17) is 5.73 Å². The van der Waals surface area contributed by atoms with Crippen LogP contribution in [0.15, 0.2) is 31.1 Å². The lowest BCUT2D eigenvalue weighted by Crippen LogP contribution is -2.13. The van der Waals surface area contributed by atoms with Crippen LogP contribution in [-0.4, -0.2) is 18.4 Å². The molecule has 0 aromatic carbocycles. The van der Waals surface area contributed by atoms with Gasteiger partial charge >= 0.3 is 0 Å². The molecular weight excluding hydrogens is 408 g/mol. The topological polar surface area (TPSA) is 98.0 Å². The third-order valence-corrected chi connectivity index (χ3v) is 5.52. The smallest absolute Gasteiger partial charge is 0.272 e. The first kappa shape index (κ1) is 13.7. The van der Waals surface area contributed by atoms with Crippen LogP contribution in [0.4, 0.5) is 11.5 Å². The van der Waals surface area contributed by atoms with Crippen molar-refractivity contribution in [2.45, 2.75) is 4.21 Å².